The molecule has 3 aromatic carbocycles. The monoisotopic (exact) mass is 522 g/mol. The fourth-order valence-electron chi connectivity index (χ4n) is 4.61. The predicted molar refractivity (Wildman–Crippen MR) is 140 cm³/mol. The molecule has 1 amide bonds. The Bertz CT molecular complexity index is 1310. The molecule has 10 nitrogen and oxygen atoms in total. The van der Waals surface area contributed by atoms with E-state index in [0.29, 0.717) is 41.7 Å². The third kappa shape index (κ3) is 5.59. The molecule has 1 aliphatic heterocycles. The van der Waals surface area contributed by atoms with Gasteiger partial charge in [-0.25, -0.2) is 0 Å². The Morgan fingerprint density at radius 3 is 2.16 bits per heavy atom. The van der Waals surface area contributed by atoms with Gasteiger partial charge in [0.05, 0.1) is 45.8 Å². The van der Waals surface area contributed by atoms with Gasteiger partial charge in [-0.2, -0.15) is 0 Å². The molecular formula is C28H30N2O8. The molecule has 0 fully saturated rings. The first-order valence-corrected chi connectivity index (χ1v) is 12.0. The van der Waals surface area contributed by atoms with E-state index in [1.54, 1.807) is 57.6 Å². The van der Waals surface area contributed by atoms with Gasteiger partial charge in [0.1, 0.15) is 12.4 Å². The van der Waals surface area contributed by atoms with Gasteiger partial charge in [-0.05, 0) is 59.5 Å². The van der Waals surface area contributed by atoms with Crippen molar-refractivity contribution in [2.45, 2.75) is 18.9 Å². The third-order valence-electron chi connectivity index (χ3n) is 6.58. The van der Waals surface area contributed by atoms with E-state index >= 15 is 0 Å². The minimum atomic E-state index is -0.463. The van der Waals surface area contributed by atoms with Crippen LogP contribution in [0, 0.1) is 10.1 Å². The highest BCUT2D eigenvalue weighted by molar-refractivity contribution is 5.80. The number of benzene rings is 3. The largest absolute Gasteiger partial charge is 0.493 e. The van der Waals surface area contributed by atoms with E-state index < -0.39 is 11.0 Å². The Kier molecular flexibility index (Phi) is 8.20. The smallest absolute Gasteiger partial charge is 0.269 e. The number of hydrogen-bond donors (Lipinski definition) is 0. The molecule has 10 heteroatoms. The summed E-state index contributed by atoms with van der Waals surface area (Å²) in [6.07, 6.45) is 0.804. The number of nitro groups is 1. The van der Waals surface area contributed by atoms with Crippen molar-refractivity contribution in [2.24, 2.45) is 0 Å². The summed E-state index contributed by atoms with van der Waals surface area (Å²) in [4.78, 5) is 26.0. The molecule has 200 valence electrons. The summed E-state index contributed by atoms with van der Waals surface area (Å²) in [5.74, 6) is 2.71. The molecule has 1 aliphatic rings. The molecule has 0 aromatic heterocycles. The van der Waals surface area contributed by atoms with Gasteiger partial charge < -0.3 is 28.6 Å². The average Bonchev–Trinajstić information content (AvgIpc) is 2.94. The molecular weight excluding hydrogens is 492 g/mol. The van der Waals surface area contributed by atoms with Crippen LogP contribution in [0.5, 0.6) is 28.7 Å². The summed E-state index contributed by atoms with van der Waals surface area (Å²) in [6.45, 7) is 0.640. The highest BCUT2D eigenvalue weighted by atomic mass is 16.6. The van der Waals surface area contributed by atoms with Gasteiger partial charge in [-0.15, -0.1) is 0 Å². The SMILES string of the molecule is COc1ccc(CC(=O)N2CCc3cc(OC)c(OC)cc3C2COc2ccc([N+](=O)[O-])cc2)cc1OC. The van der Waals surface area contributed by atoms with Gasteiger partial charge in [0.2, 0.25) is 5.91 Å². The third-order valence-corrected chi connectivity index (χ3v) is 6.58. The zero-order valence-corrected chi connectivity index (χ0v) is 21.8. The number of carbonyl (C=O) groups excluding carboxylic acids is 1. The van der Waals surface area contributed by atoms with Gasteiger partial charge in [-0.1, -0.05) is 6.07 Å². The number of rotatable bonds is 10. The van der Waals surface area contributed by atoms with Crippen molar-refractivity contribution in [3.8, 4) is 28.7 Å². The van der Waals surface area contributed by atoms with Crippen molar-refractivity contribution in [1.82, 2.24) is 4.90 Å². The fourth-order valence-corrected chi connectivity index (χ4v) is 4.61. The van der Waals surface area contributed by atoms with Crippen molar-refractivity contribution in [3.05, 3.63) is 81.4 Å². The molecule has 1 atom stereocenters. The first-order valence-electron chi connectivity index (χ1n) is 12.0. The lowest BCUT2D eigenvalue weighted by Gasteiger charge is -2.37. The van der Waals surface area contributed by atoms with Crippen LogP contribution in [0.2, 0.25) is 0 Å². The number of amides is 1. The number of methoxy groups -OCH3 is 4. The summed E-state index contributed by atoms with van der Waals surface area (Å²) in [6, 6.07) is 14.7. The standard InChI is InChI=1S/C28H30N2O8/c1-34-24-10-5-18(13-25(24)35-2)14-28(31)29-12-11-19-15-26(36-3)27(37-4)16-22(19)23(29)17-38-21-8-6-20(7-9-21)30(32)33/h5-10,13,15-16,23H,11-12,14,17H2,1-4H3. The van der Waals surface area contributed by atoms with E-state index in [0.717, 1.165) is 16.7 Å². The predicted octanol–water partition coefficient (Wildman–Crippen LogP) is 4.38. The molecule has 1 unspecified atom stereocenters. The minimum absolute atomic E-state index is 0.0242. The van der Waals surface area contributed by atoms with Crippen LogP contribution in [0.25, 0.3) is 0 Å². The Balaban J connectivity index is 1.63. The summed E-state index contributed by atoms with van der Waals surface area (Å²) in [7, 11) is 6.27. The van der Waals surface area contributed by atoms with E-state index in [9.17, 15) is 14.9 Å². The molecule has 0 saturated heterocycles. The number of non-ortho nitro benzene ring substituents is 1. The second-order valence-corrected chi connectivity index (χ2v) is 8.69. The topological polar surface area (TPSA) is 110 Å². The molecule has 3 aromatic rings. The van der Waals surface area contributed by atoms with Gasteiger partial charge in [0.25, 0.3) is 5.69 Å². The van der Waals surface area contributed by atoms with Gasteiger partial charge in [0, 0.05) is 18.7 Å². The molecule has 0 saturated carbocycles. The van der Waals surface area contributed by atoms with Crippen LogP contribution in [0.3, 0.4) is 0 Å². The Labute approximate surface area is 220 Å². The van der Waals surface area contributed by atoms with Crippen molar-refractivity contribution >= 4 is 11.6 Å². The molecule has 0 spiro atoms. The second kappa shape index (κ2) is 11.7. The number of carbonyl (C=O) groups is 1. The lowest BCUT2D eigenvalue weighted by molar-refractivity contribution is -0.384. The summed E-state index contributed by atoms with van der Waals surface area (Å²) >= 11 is 0. The average molecular weight is 523 g/mol. The second-order valence-electron chi connectivity index (χ2n) is 8.69. The Morgan fingerprint density at radius 1 is 0.895 bits per heavy atom. The quantitative estimate of drug-likeness (QED) is 0.285. The van der Waals surface area contributed by atoms with E-state index in [4.69, 9.17) is 23.7 Å². The first-order chi connectivity index (χ1) is 18.4. The molecule has 0 bridgehead atoms. The summed E-state index contributed by atoms with van der Waals surface area (Å²) in [5.41, 5.74) is 2.70. The maximum atomic E-state index is 13.6. The molecule has 4 rings (SSSR count). The number of fused-ring (bicyclic) bond motifs is 1. The minimum Gasteiger partial charge on any atom is -0.493 e. The number of nitro benzene ring substituents is 1. The van der Waals surface area contributed by atoms with Crippen molar-refractivity contribution in [1.29, 1.82) is 0 Å². The first kappa shape index (κ1) is 26.6. The molecule has 38 heavy (non-hydrogen) atoms. The van der Waals surface area contributed by atoms with E-state index in [1.165, 1.54) is 12.1 Å². The summed E-state index contributed by atoms with van der Waals surface area (Å²) < 4.78 is 27.7. The Hall–Kier alpha value is -4.47. The van der Waals surface area contributed by atoms with Gasteiger partial charge in [-0.3, -0.25) is 14.9 Å². The van der Waals surface area contributed by atoms with Gasteiger partial charge in [0.15, 0.2) is 23.0 Å². The molecule has 0 aliphatic carbocycles. The van der Waals surface area contributed by atoms with E-state index in [1.807, 2.05) is 18.2 Å². The van der Waals surface area contributed by atoms with Crippen LogP contribution in [-0.2, 0) is 17.6 Å². The molecule has 0 radical (unpaired) electrons. The maximum absolute atomic E-state index is 13.6. The number of nitrogens with zero attached hydrogens (tertiary/aromatic N) is 2. The van der Waals surface area contributed by atoms with Crippen molar-refractivity contribution in [3.63, 3.8) is 0 Å². The summed E-state index contributed by atoms with van der Waals surface area (Å²) in [5, 5.41) is 11.0. The maximum Gasteiger partial charge on any atom is 0.269 e. The van der Waals surface area contributed by atoms with Crippen LogP contribution in [0.1, 0.15) is 22.7 Å². The number of hydrogen-bond acceptors (Lipinski definition) is 8. The Morgan fingerprint density at radius 2 is 1.53 bits per heavy atom. The van der Waals surface area contributed by atoms with Gasteiger partial charge >= 0.3 is 0 Å². The zero-order valence-electron chi connectivity index (χ0n) is 21.8. The zero-order chi connectivity index (χ0) is 27.2. The van der Waals surface area contributed by atoms with Crippen LogP contribution in [0.15, 0.2) is 54.6 Å². The van der Waals surface area contributed by atoms with Crippen LogP contribution >= 0.6 is 0 Å². The van der Waals surface area contributed by atoms with Crippen LogP contribution in [-0.4, -0.2) is 57.3 Å². The highest BCUT2D eigenvalue weighted by Gasteiger charge is 2.33. The number of ether oxygens (including phenoxy) is 5. The highest BCUT2D eigenvalue weighted by Crippen LogP contribution is 2.39. The van der Waals surface area contributed by atoms with E-state index in [-0.39, 0.29) is 24.6 Å². The van der Waals surface area contributed by atoms with Crippen LogP contribution in [0.4, 0.5) is 5.69 Å². The van der Waals surface area contributed by atoms with Crippen LogP contribution < -0.4 is 23.7 Å². The normalized spacial score (nSPS) is 14.3. The van der Waals surface area contributed by atoms with Crippen molar-refractivity contribution < 1.29 is 33.4 Å². The fraction of sp³-hybridized carbons (Fsp3) is 0.321. The van der Waals surface area contributed by atoms with Crippen molar-refractivity contribution in [2.75, 3.05) is 41.6 Å². The lowest BCUT2D eigenvalue weighted by atomic mass is 9.91. The lowest BCUT2D eigenvalue weighted by Crippen LogP contribution is -2.43. The molecule has 0 N–H and O–H groups in total. The molecule has 1 heterocycles. The van der Waals surface area contributed by atoms with E-state index in [2.05, 4.69) is 0 Å².